The monoisotopic (exact) mass is 400 g/mol. The molecule has 1 heterocycles. The Hall–Kier alpha value is -3.70. The summed E-state index contributed by atoms with van der Waals surface area (Å²) in [6, 6.07) is 25.8. The lowest BCUT2D eigenvalue weighted by atomic mass is 10.1. The molecule has 0 saturated heterocycles. The summed E-state index contributed by atoms with van der Waals surface area (Å²) in [5.74, 6) is 0.308. The van der Waals surface area contributed by atoms with Crippen LogP contribution in [0.15, 0.2) is 91.1 Å². The largest absolute Gasteiger partial charge is 0.324 e. The molecule has 0 radical (unpaired) electrons. The van der Waals surface area contributed by atoms with Crippen LogP contribution in [0, 0.1) is 0 Å². The highest BCUT2D eigenvalue weighted by Crippen LogP contribution is 2.21. The highest BCUT2D eigenvalue weighted by Gasteiger charge is 2.07. The van der Waals surface area contributed by atoms with E-state index in [0.717, 1.165) is 22.6 Å². The molecule has 142 valence electrons. The highest BCUT2D eigenvalue weighted by molar-refractivity contribution is 6.30. The molecule has 2 N–H and O–H groups in total. The van der Waals surface area contributed by atoms with Gasteiger partial charge in [-0.3, -0.25) is 4.79 Å². The normalized spacial score (nSPS) is 10.4. The first-order valence-electron chi connectivity index (χ1n) is 9.00. The molecule has 0 fully saturated rings. The maximum atomic E-state index is 12.3. The number of halogens is 1. The summed E-state index contributed by atoms with van der Waals surface area (Å²) in [4.78, 5) is 21.1. The number of rotatable bonds is 5. The van der Waals surface area contributed by atoms with Crippen LogP contribution in [-0.4, -0.2) is 15.9 Å². The minimum atomic E-state index is -0.163. The van der Waals surface area contributed by atoms with E-state index in [1.807, 2.05) is 72.8 Å². The third-order valence-electron chi connectivity index (χ3n) is 4.23. The summed E-state index contributed by atoms with van der Waals surface area (Å²) < 4.78 is 0. The van der Waals surface area contributed by atoms with E-state index in [2.05, 4.69) is 20.6 Å². The molecule has 0 saturated carbocycles. The number of aromatic nitrogens is 2. The average molecular weight is 401 g/mol. The Morgan fingerprint density at radius 1 is 0.793 bits per heavy atom. The van der Waals surface area contributed by atoms with E-state index in [1.54, 1.807) is 18.3 Å². The van der Waals surface area contributed by atoms with E-state index in [1.165, 1.54) is 0 Å². The topological polar surface area (TPSA) is 66.9 Å². The molecular weight excluding hydrogens is 384 g/mol. The van der Waals surface area contributed by atoms with Crippen molar-refractivity contribution >= 4 is 34.8 Å². The number of carbonyl (C=O) groups excluding carboxylic acids is 1. The summed E-state index contributed by atoms with van der Waals surface area (Å²) in [5.41, 5.74) is 3.85. The first kappa shape index (κ1) is 18.7. The average Bonchev–Trinajstić information content (AvgIpc) is 2.76. The Bertz CT molecular complexity index is 1110. The molecule has 0 spiro atoms. The van der Waals surface area contributed by atoms with Gasteiger partial charge in [0.25, 0.3) is 5.91 Å². The summed E-state index contributed by atoms with van der Waals surface area (Å²) in [5, 5.41) is 6.70. The van der Waals surface area contributed by atoms with Gasteiger partial charge in [-0.15, -0.1) is 0 Å². The molecule has 0 aliphatic rings. The fourth-order valence-electron chi connectivity index (χ4n) is 2.76. The summed E-state index contributed by atoms with van der Waals surface area (Å²) >= 11 is 5.94. The molecular formula is C23H17ClN4O. The van der Waals surface area contributed by atoms with Gasteiger partial charge < -0.3 is 10.6 Å². The molecule has 4 rings (SSSR count). The molecule has 5 nitrogen and oxygen atoms in total. The van der Waals surface area contributed by atoms with E-state index in [-0.39, 0.29) is 5.91 Å². The quantitative estimate of drug-likeness (QED) is 0.444. The van der Waals surface area contributed by atoms with Crippen LogP contribution in [-0.2, 0) is 0 Å². The first-order valence-corrected chi connectivity index (χ1v) is 9.38. The van der Waals surface area contributed by atoms with Gasteiger partial charge in [0, 0.05) is 33.7 Å². The lowest BCUT2D eigenvalue weighted by Gasteiger charge is -2.08. The zero-order valence-electron chi connectivity index (χ0n) is 15.3. The number of hydrogen-bond acceptors (Lipinski definition) is 4. The standard InChI is InChI=1S/C23H17ClN4O/c24-18-10-6-16(7-11-18)21-14-15-25-23(28-21)27-20-12-8-17(9-13-20)22(29)26-19-4-2-1-3-5-19/h1-15H,(H,26,29)(H,25,27,28). The molecule has 0 aliphatic heterocycles. The highest BCUT2D eigenvalue weighted by atomic mass is 35.5. The van der Waals surface area contributed by atoms with E-state index in [4.69, 9.17) is 11.6 Å². The summed E-state index contributed by atoms with van der Waals surface area (Å²) in [6.45, 7) is 0. The van der Waals surface area contributed by atoms with Crippen molar-refractivity contribution < 1.29 is 4.79 Å². The number of carbonyl (C=O) groups is 1. The van der Waals surface area contributed by atoms with Crippen LogP contribution in [0.1, 0.15) is 10.4 Å². The number of benzene rings is 3. The number of para-hydroxylation sites is 1. The van der Waals surface area contributed by atoms with Crippen LogP contribution < -0.4 is 10.6 Å². The van der Waals surface area contributed by atoms with Gasteiger partial charge in [0.15, 0.2) is 0 Å². The second-order valence-corrected chi connectivity index (χ2v) is 6.73. The van der Waals surface area contributed by atoms with E-state index in [9.17, 15) is 4.79 Å². The molecule has 0 aliphatic carbocycles. The van der Waals surface area contributed by atoms with Crippen molar-refractivity contribution in [2.24, 2.45) is 0 Å². The van der Waals surface area contributed by atoms with Gasteiger partial charge in [0.2, 0.25) is 5.95 Å². The van der Waals surface area contributed by atoms with E-state index >= 15 is 0 Å². The molecule has 1 aromatic heterocycles. The third kappa shape index (κ3) is 4.78. The fraction of sp³-hybridized carbons (Fsp3) is 0. The van der Waals surface area contributed by atoms with Crippen molar-refractivity contribution in [2.45, 2.75) is 0 Å². The second-order valence-electron chi connectivity index (χ2n) is 6.29. The van der Waals surface area contributed by atoms with E-state index < -0.39 is 0 Å². The predicted octanol–water partition coefficient (Wildman–Crippen LogP) is 5.79. The van der Waals surface area contributed by atoms with Crippen molar-refractivity contribution in [2.75, 3.05) is 10.6 Å². The minimum Gasteiger partial charge on any atom is -0.324 e. The zero-order valence-corrected chi connectivity index (χ0v) is 16.1. The van der Waals surface area contributed by atoms with Gasteiger partial charge in [0.1, 0.15) is 0 Å². The molecule has 4 aromatic rings. The van der Waals surface area contributed by atoms with Crippen molar-refractivity contribution in [3.63, 3.8) is 0 Å². The van der Waals surface area contributed by atoms with E-state index in [0.29, 0.717) is 16.5 Å². The lowest BCUT2D eigenvalue weighted by Crippen LogP contribution is -2.11. The maximum Gasteiger partial charge on any atom is 0.255 e. The molecule has 1 amide bonds. The number of nitrogens with one attached hydrogen (secondary N) is 2. The Kier molecular flexibility index (Phi) is 5.49. The van der Waals surface area contributed by atoms with Crippen LogP contribution in [0.4, 0.5) is 17.3 Å². The Balaban J connectivity index is 1.45. The van der Waals surface area contributed by atoms with Gasteiger partial charge in [-0.2, -0.15) is 0 Å². The number of hydrogen-bond donors (Lipinski definition) is 2. The van der Waals surface area contributed by atoms with Crippen molar-refractivity contribution in [3.05, 3.63) is 102 Å². The number of nitrogens with zero attached hydrogens (tertiary/aromatic N) is 2. The van der Waals surface area contributed by atoms with Crippen molar-refractivity contribution in [3.8, 4) is 11.3 Å². The Labute approximate surface area is 173 Å². The van der Waals surface area contributed by atoms with Gasteiger partial charge in [-0.1, -0.05) is 41.9 Å². The van der Waals surface area contributed by atoms with Crippen LogP contribution in [0.5, 0.6) is 0 Å². The Morgan fingerprint density at radius 3 is 2.24 bits per heavy atom. The Morgan fingerprint density at radius 2 is 1.52 bits per heavy atom. The van der Waals surface area contributed by atoms with Gasteiger partial charge in [-0.25, -0.2) is 9.97 Å². The molecule has 6 heteroatoms. The summed E-state index contributed by atoms with van der Waals surface area (Å²) in [7, 11) is 0. The fourth-order valence-corrected chi connectivity index (χ4v) is 2.89. The SMILES string of the molecule is O=C(Nc1ccccc1)c1ccc(Nc2nccc(-c3ccc(Cl)cc3)n2)cc1. The molecule has 0 bridgehead atoms. The van der Waals surface area contributed by atoms with Crippen molar-refractivity contribution in [1.82, 2.24) is 9.97 Å². The molecule has 0 atom stereocenters. The lowest BCUT2D eigenvalue weighted by molar-refractivity contribution is 0.102. The summed E-state index contributed by atoms with van der Waals surface area (Å²) in [6.07, 6.45) is 1.70. The smallest absolute Gasteiger partial charge is 0.255 e. The van der Waals surface area contributed by atoms with Crippen LogP contribution in [0.3, 0.4) is 0 Å². The molecule has 0 unspecified atom stereocenters. The van der Waals surface area contributed by atoms with Gasteiger partial charge in [-0.05, 0) is 54.6 Å². The zero-order chi connectivity index (χ0) is 20.1. The van der Waals surface area contributed by atoms with Crippen molar-refractivity contribution in [1.29, 1.82) is 0 Å². The van der Waals surface area contributed by atoms with Gasteiger partial charge >= 0.3 is 0 Å². The maximum absolute atomic E-state index is 12.3. The minimum absolute atomic E-state index is 0.163. The van der Waals surface area contributed by atoms with Gasteiger partial charge in [0.05, 0.1) is 5.69 Å². The van der Waals surface area contributed by atoms with Crippen LogP contribution >= 0.6 is 11.6 Å². The second kappa shape index (κ2) is 8.54. The van der Waals surface area contributed by atoms with Crippen LogP contribution in [0.25, 0.3) is 11.3 Å². The predicted molar refractivity (Wildman–Crippen MR) is 117 cm³/mol. The first-order chi connectivity index (χ1) is 14.2. The number of anilines is 3. The third-order valence-corrected chi connectivity index (χ3v) is 4.48. The van der Waals surface area contributed by atoms with Crippen LogP contribution in [0.2, 0.25) is 5.02 Å². The number of amides is 1. The molecule has 29 heavy (non-hydrogen) atoms. The molecule has 3 aromatic carbocycles.